The van der Waals surface area contributed by atoms with E-state index in [1.807, 2.05) is 6.08 Å². The van der Waals surface area contributed by atoms with Crippen LogP contribution in [-0.2, 0) is 11.8 Å². The largest absolute Gasteiger partial charge is 0.0990 e. The number of benzene rings is 3. The van der Waals surface area contributed by atoms with Crippen molar-refractivity contribution in [3.8, 4) is 11.1 Å². The Bertz CT molecular complexity index is 1100. The van der Waals surface area contributed by atoms with Crippen molar-refractivity contribution in [2.45, 2.75) is 25.7 Å². The third kappa shape index (κ3) is 3.41. The quantitative estimate of drug-likeness (QED) is 0.276. The van der Waals surface area contributed by atoms with Gasteiger partial charge in [0.1, 0.15) is 0 Å². The zero-order chi connectivity index (χ0) is 19.0. The van der Waals surface area contributed by atoms with Crippen LogP contribution in [0.25, 0.3) is 21.9 Å². The first-order valence-corrected chi connectivity index (χ1v) is 10.4. The van der Waals surface area contributed by atoms with Crippen LogP contribution in [-0.4, -0.2) is 0 Å². The minimum Gasteiger partial charge on any atom is -0.0990 e. The number of fused-ring (bicyclic) bond motifs is 2. The number of hydrogen-bond donors (Lipinski definition) is 0. The van der Waals surface area contributed by atoms with E-state index in [1.165, 1.54) is 42.2 Å². The second-order valence-electron chi connectivity index (χ2n) is 7.69. The third-order valence-electron chi connectivity index (χ3n) is 5.64. The maximum absolute atomic E-state index is 3.81. The molecule has 0 saturated heterocycles. The van der Waals surface area contributed by atoms with Crippen molar-refractivity contribution >= 4 is 33.4 Å². The van der Waals surface area contributed by atoms with E-state index in [0.717, 1.165) is 6.42 Å². The van der Waals surface area contributed by atoms with Gasteiger partial charge in [0.05, 0.1) is 0 Å². The van der Waals surface area contributed by atoms with Gasteiger partial charge in [-0.3, -0.25) is 0 Å². The molecule has 0 radical (unpaired) electrons. The first kappa shape index (κ1) is 18.2. The molecular weight excluding hydrogens is 439 g/mol. The zero-order valence-electron chi connectivity index (χ0n) is 15.8. The molecule has 0 aromatic heterocycles. The van der Waals surface area contributed by atoms with E-state index >= 15 is 0 Å². The highest BCUT2D eigenvalue weighted by Gasteiger charge is 2.34. The molecule has 134 valence electrons. The Balaban J connectivity index is 1.77. The van der Waals surface area contributed by atoms with Crippen LogP contribution < -0.4 is 0 Å². The third-order valence-corrected chi connectivity index (χ3v) is 6.31. The molecule has 1 aliphatic rings. The summed E-state index contributed by atoms with van der Waals surface area (Å²) in [5.74, 6) is 0. The summed E-state index contributed by atoms with van der Waals surface area (Å²) < 4.78 is 1.23. The predicted octanol–water partition coefficient (Wildman–Crippen LogP) is 7.77. The normalized spacial score (nSPS) is 17.3. The number of halogens is 1. The smallest absolute Gasteiger partial charge is 0.0130 e. The summed E-state index contributed by atoms with van der Waals surface area (Å²) in [4.78, 5) is 0. The molecule has 0 atom stereocenters. The van der Waals surface area contributed by atoms with Crippen LogP contribution in [0.4, 0.5) is 0 Å². The van der Waals surface area contributed by atoms with Crippen molar-refractivity contribution in [1.29, 1.82) is 0 Å². The zero-order valence-corrected chi connectivity index (χ0v) is 18.0. The van der Waals surface area contributed by atoms with Crippen molar-refractivity contribution in [2.75, 3.05) is 0 Å². The lowest BCUT2D eigenvalue weighted by atomic mass is 9.81. The molecular formula is C26H23I. The van der Waals surface area contributed by atoms with Crippen molar-refractivity contribution in [2.24, 2.45) is 0 Å². The van der Waals surface area contributed by atoms with Crippen molar-refractivity contribution < 1.29 is 0 Å². The second-order valence-corrected chi connectivity index (χ2v) is 8.94. The molecule has 0 spiro atoms. The van der Waals surface area contributed by atoms with Gasteiger partial charge in [0.25, 0.3) is 0 Å². The summed E-state index contributed by atoms with van der Waals surface area (Å²) in [6.45, 7) is 8.49. The molecule has 0 fully saturated rings. The molecule has 3 aromatic rings. The SMILES string of the molecule is C=C/C=C(I)\C=C1/Cc2ccc(-c3ccc4ccccc4c3)cc2C1(C)C. The van der Waals surface area contributed by atoms with E-state index in [4.69, 9.17) is 0 Å². The lowest BCUT2D eigenvalue weighted by molar-refractivity contribution is 0.644. The highest BCUT2D eigenvalue weighted by molar-refractivity contribution is 14.1. The van der Waals surface area contributed by atoms with E-state index in [-0.39, 0.29) is 5.41 Å². The van der Waals surface area contributed by atoms with E-state index in [0.29, 0.717) is 0 Å². The van der Waals surface area contributed by atoms with Crippen LogP contribution in [0.3, 0.4) is 0 Å². The molecule has 0 amide bonds. The monoisotopic (exact) mass is 462 g/mol. The summed E-state index contributed by atoms with van der Waals surface area (Å²) in [5.41, 5.74) is 6.99. The fraction of sp³-hybridized carbons (Fsp3) is 0.154. The average Bonchev–Trinajstić information content (AvgIpc) is 2.91. The van der Waals surface area contributed by atoms with Crippen LogP contribution in [0.15, 0.2) is 94.6 Å². The summed E-state index contributed by atoms with van der Waals surface area (Å²) >= 11 is 2.38. The van der Waals surface area contributed by atoms with Gasteiger partial charge in [0, 0.05) is 8.99 Å². The minimum absolute atomic E-state index is 0.0492. The Hall–Kier alpha value is -2.13. The first-order chi connectivity index (χ1) is 13.0. The molecule has 0 N–H and O–H groups in total. The topological polar surface area (TPSA) is 0 Å². The molecule has 27 heavy (non-hydrogen) atoms. The van der Waals surface area contributed by atoms with Gasteiger partial charge in [-0.25, -0.2) is 0 Å². The highest BCUT2D eigenvalue weighted by Crippen LogP contribution is 2.45. The van der Waals surface area contributed by atoms with Gasteiger partial charge in [-0.05, 0) is 86.3 Å². The van der Waals surface area contributed by atoms with Gasteiger partial charge in [0.15, 0.2) is 0 Å². The van der Waals surface area contributed by atoms with Crippen LogP contribution in [0.1, 0.15) is 25.0 Å². The van der Waals surface area contributed by atoms with Gasteiger partial charge in [-0.1, -0.05) is 80.6 Å². The van der Waals surface area contributed by atoms with Gasteiger partial charge in [-0.2, -0.15) is 0 Å². The van der Waals surface area contributed by atoms with Crippen molar-refractivity contribution in [3.63, 3.8) is 0 Å². The molecule has 4 rings (SSSR count). The molecule has 0 saturated carbocycles. The van der Waals surface area contributed by atoms with Crippen LogP contribution in [0.5, 0.6) is 0 Å². The Morgan fingerprint density at radius 3 is 2.44 bits per heavy atom. The Morgan fingerprint density at radius 1 is 0.963 bits per heavy atom. The van der Waals surface area contributed by atoms with E-state index in [1.54, 1.807) is 0 Å². The van der Waals surface area contributed by atoms with Crippen LogP contribution in [0, 0.1) is 0 Å². The van der Waals surface area contributed by atoms with E-state index in [2.05, 4.69) is 116 Å². The molecule has 0 aliphatic heterocycles. The summed E-state index contributed by atoms with van der Waals surface area (Å²) in [5, 5.41) is 2.58. The molecule has 3 aromatic carbocycles. The van der Waals surface area contributed by atoms with Gasteiger partial charge in [-0.15, -0.1) is 0 Å². The second kappa shape index (κ2) is 7.12. The van der Waals surface area contributed by atoms with E-state index < -0.39 is 0 Å². The Morgan fingerprint density at radius 2 is 1.67 bits per heavy atom. The molecule has 1 aliphatic carbocycles. The lowest BCUT2D eigenvalue weighted by Crippen LogP contribution is -2.15. The standard InChI is InChI=1S/C26H23I/c1-4-7-24(27)17-23-15-22-13-12-21(16-25(22)26(23,2)3)20-11-10-18-8-5-6-9-19(18)14-20/h4-14,16-17H,1,15H2,2-3H3/b23-17+,24-7+. The average molecular weight is 462 g/mol. The van der Waals surface area contributed by atoms with Crippen LogP contribution in [0.2, 0.25) is 0 Å². The summed E-state index contributed by atoms with van der Waals surface area (Å²) in [7, 11) is 0. The molecule has 0 bridgehead atoms. The molecule has 0 heterocycles. The molecule has 0 unspecified atom stereocenters. The Labute approximate surface area is 175 Å². The Kier molecular flexibility index (Phi) is 4.81. The number of hydrogen-bond acceptors (Lipinski definition) is 0. The van der Waals surface area contributed by atoms with Crippen molar-refractivity contribution in [3.05, 3.63) is 106 Å². The summed E-state index contributed by atoms with van der Waals surface area (Å²) in [6, 6.07) is 22.3. The van der Waals surface area contributed by atoms with E-state index in [9.17, 15) is 0 Å². The minimum atomic E-state index is 0.0492. The fourth-order valence-corrected chi connectivity index (χ4v) is 4.65. The number of allylic oxidation sites excluding steroid dienone is 5. The maximum Gasteiger partial charge on any atom is 0.0130 e. The van der Waals surface area contributed by atoms with Crippen LogP contribution >= 0.6 is 22.6 Å². The highest BCUT2D eigenvalue weighted by atomic mass is 127. The fourth-order valence-electron chi connectivity index (χ4n) is 4.02. The molecule has 0 nitrogen and oxygen atoms in total. The predicted molar refractivity (Wildman–Crippen MR) is 126 cm³/mol. The maximum atomic E-state index is 3.81. The van der Waals surface area contributed by atoms with Crippen molar-refractivity contribution in [1.82, 2.24) is 0 Å². The summed E-state index contributed by atoms with van der Waals surface area (Å²) in [6.07, 6.45) is 7.26. The number of rotatable bonds is 3. The van der Waals surface area contributed by atoms with Gasteiger partial charge >= 0.3 is 0 Å². The molecule has 1 heteroatoms. The first-order valence-electron chi connectivity index (χ1n) is 9.31. The van der Waals surface area contributed by atoms with Gasteiger partial charge in [0.2, 0.25) is 0 Å². The van der Waals surface area contributed by atoms with Gasteiger partial charge < -0.3 is 0 Å². The lowest BCUT2D eigenvalue weighted by Gasteiger charge is -2.23.